The van der Waals surface area contributed by atoms with Gasteiger partial charge < -0.3 is 10.5 Å². The lowest BCUT2D eigenvalue weighted by atomic mass is 9.64. The summed E-state index contributed by atoms with van der Waals surface area (Å²) in [4.78, 5) is 26.0. The highest BCUT2D eigenvalue weighted by Crippen LogP contribution is 2.69. The second-order valence-corrected chi connectivity index (χ2v) is 7.97. The van der Waals surface area contributed by atoms with Crippen LogP contribution in [0.3, 0.4) is 0 Å². The number of halogens is 1. The number of amides is 1. The van der Waals surface area contributed by atoms with Crippen molar-refractivity contribution in [3.05, 3.63) is 28.8 Å². The first kappa shape index (κ1) is 17.0. The number of anilines is 1. The SMILES string of the molecule is Cc1ccc(NC(=O)C23CCC(C)(C(=NO)C2=O)C3(C)C)cc1Cl. The van der Waals surface area contributed by atoms with E-state index < -0.39 is 16.2 Å². The lowest BCUT2D eigenvalue weighted by Crippen LogP contribution is -2.47. The minimum atomic E-state index is -1.22. The largest absolute Gasteiger partial charge is 0.411 e. The summed E-state index contributed by atoms with van der Waals surface area (Å²) in [5.74, 6) is -0.737. The molecule has 3 rings (SSSR count). The number of hydrogen-bond acceptors (Lipinski definition) is 4. The van der Waals surface area contributed by atoms with Gasteiger partial charge in [-0.25, -0.2) is 0 Å². The first-order valence-corrected chi connectivity index (χ1v) is 8.34. The molecule has 0 radical (unpaired) electrons. The number of oxime groups is 1. The number of nitrogens with one attached hydrogen (secondary N) is 1. The second kappa shape index (κ2) is 5.06. The van der Waals surface area contributed by atoms with Crippen molar-refractivity contribution < 1.29 is 14.8 Å². The molecule has 0 aliphatic heterocycles. The van der Waals surface area contributed by atoms with E-state index in [-0.39, 0.29) is 17.4 Å². The predicted molar refractivity (Wildman–Crippen MR) is 92.6 cm³/mol. The molecule has 0 heterocycles. The molecule has 24 heavy (non-hydrogen) atoms. The maximum atomic E-state index is 13.1. The minimum Gasteiger partial charge on any atom is -0.411 e. The van der Waals surface area contributed by atoms with Crippen LogP contribution in [-0.4, -0.2) is 22.6 Å². The molecule has 2 bridgehead atoms. The van der Waals surface area contributed by atoms with Gasteiger partial charge in [0, 0.05) is 16.1 Å². The van der Waals surface area contributed by atoms with Crippen LogP contribution in [0.5, 0.6) is 0 Å². The van der Waals surface area contributed by atoms with E-state index in [2.05, 4.69) is 10.5 Å². The zero-order valence-electron chi connectivity index (χ0n) is 14.2. The minimum absolute atomic E-state index is 0.107. The zero-order valence-corrected chi connectivity index (χ0v) is 15.0. The number of carbonyl (C=O) groups is 2. The molecule has 2 fully saturated rings. The van der Waals surface area contributed by atoms with Gasteiger partial charge in [-0.15, -0.1) is 0 Å². The number of nitrogens with zero attached hydrogens (tertiary/aromatic N) is 1. The van der Waals surface area contributed by atoms with Crippen molar-refractivity contribution in [3.63, 3.8) is 0 Å². The molecule has 2 N–H and O–H groups in total. The van der Waals surface area contributed by atoms with Gasteiger partial charge in [0.15, 0.2) is 5.78 Å². The lowest BCUT2D eigenvalue weighted by Gasteiger charge is -2.37. The van der Waals surface area contributed by atoms with Crippen molar-refractivity contribution in [2.75, 3.05) is 5.32 Å². The van der Waals surface area contributed by atoms with Gasteiger partial charge in [-0.2, -0.15) is 0 Å². The first-order valence-electron chi connectivity index (χ1n) is 7.97. The van der Waals surface area contributed by atoms with Crippen molar-refractivity contribution in [3.8, 4) is 0 Å². The van der Waals surface area contributed by atoms with E-state index in [9.17, 15) is 14.8 Å². The van der Waals surface area contributed by atoms with Crippen LogP contribution in [0.4, 0.5) is 5.69 Å². The number of hydrogen-bond donors (Lipinski definition) is 2. The fourth-order valence-electron chi connectivity index (χ4n) is 4.36. The summed E-state index contributed by atoms with van der Waals surface area (Å²) in [5, 5.41) is 16.0. The molecule has 0 saturated heterocycles. The third kappa shape index (κ3) is 1.79. The Morgan fingerprint density at radius 3 is 2.50 bits per heavy atom. The van der Waals surface area contributed by atoms with Crippen molar-refractivity contribution in [2.24, 2.45) is 21.4 Å². The number of aryl methyl sites for hydroxylation is 1. The van der Waals surface area contributed by atoms with Gasteiger partial charge in [0.2, 0.25) is 5.91 Å². The summed E-state index contributed by atoms with van der Waals surface area (Å²) < 4.78 is 0. The monoisotopic (exact) mass is 348 g/mol. The van der Waals surface area contributed by atoms with Crippen molar-refractivity contribution in [2.45, 2.75) is 40.5 Å². The summed E-state index contributed by atoms with van der Waals surface area (Å²) in [6.45, 7) is 7.57. The Bertz CT molecular complexity index is 786. The van der Waals surface area contributed by atoms with Crippen molar-refractivity contribution in [1.29, 1.82) is 0 Å². The average molecular weight is 349 g/mol. The average Bonchev–Trinajstić information content (AvgIpc) is 2.79. The fraction of sp³-hybridized carbons (Fsp3) is 0.500. The van der Waals surface area contributed by atoms with Crippen LogP contribution in [0.1, 0.15) is 39.2 Å². The number of rotatable bonds is 2. The smallest absolute Gasteiger partial charge is 0.239 e. The van der Waals surface area contributed by atoms with Gasteiger partial charge in [0.05, 0.1) is 0 Å². The van der Waals surface area contributed by atoms with Gasteiger partial charge in [0.25, 0.3) is 0 Å². The van der Waals surface area contributed by atoms with E-state index in [0.29, 0.717) is 23.6 Å². The van der Waals surface area contributed by atoms with Gasteiger partial charge in [-0.1, -0.05) is 43.6 Å². The Balaban J connectivity index is 2.02. The molecule has 2 aliphatic carbocycles. The maximum absolute atomic E-state index is 13.1. The number of carbonyl (C=O) groups excluding carboxylic acids is 2. The molecule has 2 aliphatic rings. The maximum Gasteiger partial charge on any atom is 0.239 e. The van der Waals surface area contributed by atoms with Crippen LogP contribution in [0.25, 0.3) is 0 Å². The molecule has 0 aromatic heterocycles. The van der Waals surface area contributed by atoms with E-state index in [1.54, 1.807) is 12.1 Å². The Labute approximate surface area is 146 Å². The van der Waals surface area contributed by atoms with E-state index in [0.717, 1.165) is 5.56 Å². The third-order valence-corrected chi connectivity index (χ3v) is 6.90. The highest BCUT2D eigenvalue weighted by atomic mass is 35.5. The highest BCUT2D eigenvalue weighted by Gasteiger charge is 2.76. The lowest BCUT2D eigenvalue weighted by molar-refractivity contribution is -0.140. The van der Waals surface area contributed by atoms with E-state index >= 15 is 0 Å². The molecule has 1 aromatic carbocycles. The molecule has 0 spiro atoms. The molecule has 2 saturated carbocycles. The molecule has 128 valence electrons. The summed E-state index contributed by atoms with van der Waals surface area (Å²) in [6.07, 6.45) is 1.08. The standard InChI is InChI=1S/C18H21ClN2O3/c1-10-5-6-11(9-12(10)19)20-15(23)18-8-7-17(4,16(18,2)3)13(21-24)14(18)22/h5-6,9,24H,7-8H2,1-4H3,(H,20,23). The van der Waals surface area contributed by atoms with Gasteiger partial charge in [-0.05, 0) is 42.9 Å². The van der Waals surface area contributed by atoms with Crippen LogP contribution in [0, 0.1) is 23.2 Å². The van der Waals surface area contributed by atoms with E-state index in [1.165, 1.54) is 0 Å². The Morgan fingerprint density at radius 1 is 1.29 bits per heavy atom. The molecule has 1 aromatic rings. The Morgan fingerprint density at radius 2 is 1.96 bits per heavy atom. The molecular formula is C18H21ClN2O3. The van der Waals surface area contributed by atoms with Crippen LogP contribution < -0.4 is 5.32 Å². The summed E-state index contributed by atoms with van der Waals surface area (Å²) in [5.41, 5.74) is -0.903. The predicted octanol–water partition coefficient (Wildman–Crippen LogP) is 3.81. The summed E-state index contributed by atoms with van der Waals surface area (Å²) in [7, 11) is 0. The normalized spacial score (nSPS) is 32.4. The Hall–Kier alpha value is -1.88. The molecule has 5 nitrogen and oxygen atoms in total. The van der Waals surface area contributed by atoms with Crippen molar-refractivity contribution >= 4 is 34.7 Å². The zero-order chi connectivity index (χ0) is 17.9. The molecular weight excluding hydrogens is 328 g/mol. The molecule has 2 unspecified atom stereocenters. The second-order valence-electron chi connectivity index (χ2n) is 7.56. The van der Waals surface area contributed by atoms with Crippen LogP contribution in [0.15, 0.2) is 23.4 Å². The summed E-state index contributed by atoms with van der Waals surface area (Å²) >= 11 is 6.12. The fourth-order valence-corrected chi connectivity index (χ4v) is 4.54. The topological polar surface area (TPSA) is 78.8 Å². The van der Waals surface area contributed by atoms with Crippen molar-refractivity contribution in [1.82, 2.24) is 0 Å². The van der Waals surface area contributed by atoms with Gasteiger partial charge in [0.1, 0.15) is 11.1 Å². The first-order chi connectivity index (χ1) is 11.1. The molecule has 1 amide bonds. The number of ketones is 1. The van der Waals surface area contributed by atoms with E-state index in [1.807, 2.05) is 33.8 Å². The number of benzene rings is 1. The highest BCUT2D eigenvalue weighted by molar-refractivity contribution is 6.51. The third-order valence-electron chi connectivity index (χ3n) is 6.49. The van der Waals surface area contributed by atoms with Gasteiger partial charge >= 0.3 is 0 Å². The van der Waals surface area contributed by atoms with Crippen LogP contribution in [0.2, 0.25) is 5.02 Å². The molecule has 2 atom stereocenters. The number of Topliss-reactive ketones (excluding diaryl/α,β-unsaturated/α-hetero) is 1. The Kier molecular flexibility index (Phi) is 3.57. The van der Waals surface area contributed by atoms with Gasteiger partial charge in [-0.3, -0.25) is 9.59 Å². The number of fused-ring (bicyclic) bond motifs is 2. The summed E-state index contributed by atoms with van der Waals surface area (Å²) in [6, 6.07) is 5.25. The van der Waals surface area contributed by atoms with E-state index in [4.69, 9.17) is 11.6 Å². The van der Waals surface area contributed by atoms with Crippen LogP contribution in [-0.2, 0) is 9.59 Å². The molecule has 6 heteroatoms. The van der Waals surface area contributed by atoms with Crippen LogP contribution >= 0.6 is 11.6 Å². The quantitative estimate of drug-likeness (QED) is 0.484.